The molecule has 0 radical (unpaired) electrons. The predicted molar refractivity (Wildman–Crippen MR) is 130 cm³/mol. The number of pyridine rings is 2. The number of H-pyrrole nitrogens is 1. The minimum Gasteiger partial charge on any atom is -0.355 e. The lowest BCUT2D eigenvalue weighted by molar-refractivity contribution is 0.0963. The molecule has 0 aliphatic carbocycles. The van der Waals surface area contributed by atoms with Crippen molar-refractivity contribution in [1.82, 2.24) is 30.6 Å². The number of aromatic amines is 1. The van der Waals surface area contributed by atoms with Crippen molar-refractivity contribution in [2.75, 3.05) is 18.9 Å². The first-order valence-corrected chi connectivity index (χ1v) is 10.8. The maximum absolute atomic E-state index is 12.1. The van der Waals surface area contributed by atoms with Crippen LogP contribution in [0.3, 0.4) is 0 Å². The van der Waals surface area contributed by atoms with Gasteiger partial charge in [-0.05, 0) is 42.8 Å². The fourth-order valence-electron chi connectivity index (χ4n) is 3.25. The number of anilines is 1. The predicted octanol–water partition coefficient (Wildman–Crippen LogP) is 4.21. The molecule has 0 fully saturated rings. The molecule has 0 atom stereocenters. The molecule has 3 heterocycles. The molecule has 1 aromatic carbocycles. The summed E-state index contributed by atoms with van der Waals surface area (Å²) in [4.78, 5) is 40.4. The third kappa shape index (κ3) is 5.32. The van der Waals surface area contributed by atoms with Gasteiger partial charge in [-0.15, -0.1) is 0 Å². The molecule has 170 valence electrons. The van der Waals surface area contributed by atoms with Crippen LogP contribution in [0.15, 0.2) is 55.0 Å². The molecule has 4 aromatic rings. The number of urea groups is 1. The number of imidazole rings is 1. The fourth-order valence-corrected chi connectivity index (χ4v) is 3.25. The Morgan fingerprint density at radius 3 is 2.58 bits per heavy atom. The van der Waals surface area contributed by atoms with Crippen molar-refractivity contribution in [2.24, 2.45) is 0 Å². The average molecular weight is 446 g/mol. The highest BCUT2D eigenvalue weighted by Gasteiger charge is 2.16. The molecule has 3 amide bonds. The van der Waals surface area contributed by atoms with Crippen molar-refractivity contribution in [2.45, 2.75) is 20.8 Å². The number of nitrogens with zero attached hydrogens (tertiary/aromatic N) is 3. The molecule has 0 aliphatic rings. The Kier molecular flexibility index (Phi) is 7.69. The van der Waals surface area contributed by atoms with E-state index in [-0.39, 0.29) is 11.9 Å². The lowest BCUT2D eigenvalue weighted by Crippen LogP contribution is -2.28. The first-order valence-electron chi connectivity index (χ1n) is 10.8. The Balaban J connectivity index is 0.00000149. The zero-order valence-corrected chi connectivity index (χ0v) is 19.1. The van der Waals surface area contributed by atoms with E-state index in [2.05, 4.69) is 35.9 Å². The smallest absolute Gasteiger partial charge is 0.321 e. The monoisotopic (exact) mass is 445 g/mol. The molecule has 0 unspecified atom stereocenters. The number of rotatable bonds is 5. The summed E-state index contributed by atoms with van der Waals surface area (Å²) in [6, 6.07) is 10.7. The quantitative estimate of drug-likeness (QED) is 0.366. The summed E-state index contributed by atoms with van der Waals surface area (Å²) < 4.78 is 0. The van der Waals surface area contributed by atoms with Crippen molar-refractivity contribution in [3.8, 4) is 22.4 Å². The average Bonchev–Trinajstić information content (AvgIpc) is 3.27. The van der Waals surface area contributed by atoms with E-state index in [1.165, 1.54) is 0 Å². The SMILES string of the molecule is CC.CCNC(=O)Nc1nc2c(-c3cc(C(=O)NC)ccn3)cc(-c3cccnc3)cc2[nH]1. The van der Waals surface area contributed by atoms with Crippen LogP contribution in [0.25, 0.3) is 33.4 Å². The van der Waals surface area contributed by atoms with Gasteiger partial charge in [0.15, 0.2) is 0 Å². The van der Waals surface area contributed by atoms with Gasteiger partial charge >= 0.3 is 6.03 Å². The molecule has 0 saturated carbocycles. The summed E-state index contributed by atoms with van der Waals surface area (Å²) in [6.45, 7) is 6.33. The first-order chi connectivity index (χ1) is 16.1. The van der Waals surface area contributed by atoms with Crippen LogP contribution in [0.1, 0.15) is 31.1 Å². The minimum absolute atomic E-state index is 0.205. The molecular weight excluding hydrogens is 418 g/mol. The number of carbonyl (C=O) groups excluding carboxylic acids is 2. The van der Waals surface area contributed by atoms with Crippen LogP contribution in [0.4, 0.5) is 10.7 Å². The molecule has 0 saturated heterocycles. The second-order valence-corrected chi connectivity index (χ2v) is 6.74. The van der Waals surface area contributed by atoms with Crippen molar-refractivity contribution in [3.05, 3.63) is 60.6 Å². The van der Waals surface area contributed by atoms with E-state index in [1.807, 2.05) is 45.0 Å². The van der Waals surface area contributed by atoms with Crippen molar-refractivity contribution in [1.29, 1.82) is 0 Å². The van der Waals surface area contributed by atoms with Crippen LogP contribution in [0.5, 0.6) is 0 Å². The van der Waals surface area contributed by atoms with E-state index < -0.39 is 0 Å². The zero-order chi connectivity index (χ0) is 23.8. The van der Waals surface area contributed by atoms with Gasteiger partial charge in [0.25, 0.3) is 5.91 Å². The zero-order valence-electron chi connectivity index (χ0n) is 19.1. The van der Waals surface area contributed by atoms with Gasteiger partial charge in [0.1, 0.15) is 0 Å². The van der Waals surface area contributed by atoms with Gasteiger partial charge in [0.2, 0.25) is 5.95 Å². The Morgan fingerprint density at radius 1 is 1.06 bits per heavy atom. The van der Waals surface area contributed by atoms with Gasteiger partial charge in [-0.1, -0.05) is 19.9 Å². The summed E-state index contributed by atoms with van der Waals surface area (Å²) >= 11 is 0. The standard InChI is InChI=1S/C22H21N7O2.C2H6/c1-3-25-22(31)29-21-27-18-11-15(14-5-4-7-24-12-14)9-16(19(18)28-21)17-10-13(6-8-26-17)20(30)23-2;1-2/h4-12H,3H2,1-2H3,(H,23,30)(H3,25,27,28,29,31);1-2H3. The number of aromatic nitrogens is 4. The van der Waals surface area contributed by atoms with Crippen molar-refractivity contribution in [3.63, 3.8) is 0 Å². The van der Waals surface area contributed by atoms with E-state index in [1.54, 1.807) is 37.8 Å². The van der Waals surface area contributed by atoms with E-state index in [0.717, 1.165) is 22.2 Å². The number of hydrogen-bond acceptors (Lipinski definition) is 5. The van der Waals surface area contributed by atoms with Crippen LogP contribution in [0, 0.1) is 0 Å². The molecule has 4 rings (SSSR count). The molecule has 9 nitrogen and oxygen atoms in total. The van der Waals surface area contributed by atoms with Crippen LogP contribution >= 0.6 is 0 Å². The highest BCUT2D eigenvalue weighted by molar-refractivity contribution is 6.00. The molecule has 33 heavy (non-hydrogen) atoms. The largest absolute Gasteiger partial charge is 0.355 e. The summed E-state index contributed by atoms with van der Waals surface area (Å²) in [5.41, 5.74) is 4.96. The van der Waals surface area contributed by atoms with Gasteiger partial charge in [-0.3, -0.25) is 20.1 Å². The number of nitrogens with one attached hydrogen (secondary N) is 4. The van der Waals surface area contributed by atoms with Crippen LogP contribution in [-0.4, -0.2) is 45.5 Å². The normalized spacial score (nSPS) is 10.2. The van der Waals surface area contributed by atoms with E-state index in [9.17, 15) is 9.59 Å². The molecule has 0 spiro atoms. The molecule has 9 heteroatoms. The number of benzene rings is 1. The number of hydrogen-bond donors (Lipinski definition) is 4. The van der Waals surface area contributed by atoms with Gasteiger partial charge in [-0.2, -0.15) is 0 Å². The van der Waals surface area contributed by atoms with Crippen LogP contribution in [-0.2, 0) is 0 Å². The highest BCUT2D eigenvalue weighted by Crippen LogP contribution is 2.33. The van der Waals surface area contributed by atoms with Gasteiger partial charge < -0.3 is 15.6 Å². The Labute approximate surface area is 192 Å². The van der Waals surface area contributed by atoms with Gasteiger partial charge in [-0.25, -0.2) is 9.78 Å². The Morgan fingerprint density at radius 2 is 1.88 bits per heavy atom. The summed E-state index contributed by atoms with van der Waals surface area (Å²) in [5.74, 6) is 0.108. The summed E-state index contributed by atoms with van der Waals surface area (Å²) in [5, 5.41) is 7.99. The second-order valence-electron chi connectivity index (χ2n) is 6.74. The highest BCUT2D eigenvalue weighted by atomic mass is 16.2. The van der Waals surface area contributed by atoms with Crippen molar-refractivity contribution < 1.29 is 9.59 Å². The Bertz CT molecular complexity index is 1250. The number of carbonyl (C=O) groups is 2. The third-order valence-electron chi connectivity index (χ3n) is 4.68. The first kappa shape index (κ1) is 23.4. The summed E-state index contributed by atoms with van der Waals surface area (Å²) in [6.07, 6.45) is 5.06. The van der Waals surface area contributed by atoms with Gasteiger partial charge in [0, 0.05) is 48.9 Å². The van der Waals surface area contributed by atoms with Gasteiger partial charge in [0.05, 0.1) is 16.7 Å². The molecule has 0 aliphatic heterocycles. The Hall–Kier alpha value is -4.27. The third-order valence-corrected chi connectivity index (χ3v) is 4.68. The van der Waals surface area contributed by atoms with E-state index in [0.29, 0.717) is 29.3 Å². The molecular formula is C24H27N7O2. The van der Waals surface area contributed by atoms with E-state index >= 15 is 0 Å². The van der Waals surface area contributed by atoms with E-state index in [4.69, 9.17) is 0 Å². The fraction of sp³-hybridized carbons (Fsp3) is 0.208. The van der Waals surface area contributed by atoms with Crippen LogP contribution in [0.2, 0.25) is 0 Å². The maximum atomic E-state index is 12.1. The van der Waals surface area contributed by atoms with Crippen LogP contribution < -0.4 is 16.0 Å². The maximum Gasteiger partial charge on any atom is 0.321 e. The molecule has 3 aromatic heterocycles. The lowest BCUT2D eigenvalue weighted by atomic mass is 10.00. The topological polar surface area (TPSA) is 125 Å². The molecule has 4 N–H and O–H groups in total. The summed E-state index contributed by atoms with van der Waals surface area (Å²) in [7, 11) is 1.58. The molecule has 0 bridgehead atoms. The number of amides is 3. The van der Waals surface area contributed by atoms with Crippen molar-refractivity contribution >= 4 is 28.9 Å². The second kappa shape index (κ2) is 10.9. The number of fused-ring (bicyclic) bond motifs is 1. The minimum atomic E-state index is -0.352. The lowest BCUT2D eigenvalue weighted by Gasteiger charge is -2.08.